The highest BCUT2D eigenvalue weighted by molar-refractivity contribution is 5.39. The predicted octanol–water partition coefficient (Wildman–Crippen LogP) is 0.490. The van der Waals surface area contributed by atoms with Crippen molar-refractivity contribution in [3.8, 4) is 11.5 Å². The van der Waals surface area contributed by atoms with Gasteiger partial charge in [-0.25, -0.2) is 0 Å². The Labute approximate surface area is 120 Å². The summed E-state index contributed by atoms with van der Waals surface area (Å²) in [5, 5.41) is 13.3. The molecular weight excluding hydrogens is 254 g/mol. The van der Waals surface area contributed by atoms with Gasteiger partial charge in [0, 0.05) is 57.4 Å². The fourth-order valence-electron chi connectivity index (χ4n) is 2.87. The lowest BCUT2D eigenvalue weighted by Gasteiger charge is -2.43. The van der Waals surface area contributed by atoms with Crippen molar-refractivity contribution in [3.63, 3.8) is 0 Å². The largest absolute Gasteiger partial charge is 0.508 e. The summed E-state index contributed by atoms with van der Waals surface area (Å²) >= 11 is 0. The van der Waals surface area contributed by atoms with Gasteiger partial charge in [0.15, 0.2) is 0 Å². The number of nitrogens with zero attached hydrogens (tertiary/aromatic N) is 2. The molecule has 2 heterocycles. The Balaban J connectivity index is 1.56. The maximum absolute atomic E-state index is 9.95. The standard InChI is InChI=1S/C15H23N3O2/c1-20-14-2-3-15(19)12(8-14)11-17-4-6-18(7-5-17)13-9-16-10-13/h2-3,8,13,16,19H,4-7,9-11H2,1H3. The smallest absolute Gasteiger partial charge is 0.120 e. The van der Waals surface area contributed by atoms with Crippen LogP contribution in [0.1, 0.15) is 5.56 Å². The van der Waals surface area contributed by atoms with Crippen LogP contribution in [0.25, 0.3) is 0 Å². The highest BCUT2D eigenvalue weighted by Crippen LogP contribution is 2.24. The van der Waals surface area contributed by atoms with Gasteiger partial charge in [0.1, 0.15) is 11.5 Å². The van der Waals surface area contributed by atoms with E-state index in [1.54, 1.807) is 19.2 Å². The van der Waals surface area contributed by atoms with Gasteiger partial charge in [0.25, 0.3) is 0 Å². The second-order valence-corrected chi connectivity index (χ2v) is 5.62. The van der Waals surface area contributed by atoms with Crippen molar-refractivity contribution in [2.24, 2.45) is 0 Å². The molecule has 0 spiro atoms. The molecule has 0 radical (unpaired) electrons. The van der Waals surface area contributed by atoms with Crippen molar-refractivity contribution in [1.29, 1.82) is 0 Å². The van der Waals surface area contributed by atoms with E-state index in [9.17, 15) is 5.11 Å². The second-order valence-electron chi connectivity index (χ2n) is 5.62. The van der Waals surface area contributed by atoms with E-state index in [-0.39, 0.29) is 0 Å². The zero-order valence-corrected chi connectivity index (χ0v) is 12.0. The molecule has 0 bridgehead atoms. The maximum atomic E-state index is 9.95. The number of phenolic OH excluding ortho intramolecular Hbond substituents is 1. The summed E-state index contributed by atoms with van der Waals surface area (Å²) in [7, 11) is 1.65. The number of methoxy groups -OCH3 is 1. The van der Waals surface area contributed by atoms with E-state index in [1.807, 2.05) is 6.07 Å². The van der Waals surface area contributed by atoms with Crippen molar-refractivity contribution >= 4 is 0 Å². The number of phenols is 1. The molecule has 0 atom stereocenters. The van der Waals surface area contributed by atoms with Crippen LogP contribution in [0.4, 0.5) is 0 Å². The van der Waals surface area contributed by atoms with Crippen molar-refractivity contribution in [2.75, 3.05) is 46.4 Å². The molecule has 2 saturated heterocycles. The van der Waals surface area contributed by atoms with Gasteiger partial charge >= 0.3 is 0 Å². The van der Waals surface area contributed by atoms with Gasteiger partial charge in [0.05, 0.1) is 7.11 Å². The van der Waals surface area contributed by atoms with Crippen molar-refractivity contribution in [3.05, 3.63) is 23.8 Å². The average Bonchev–Trinajstić information content (AvgIpc) is 2.41. The van der Waals surface area contributed by atoms with Gasteiger partial charge in [-0.05, 0) is 18.2 Å². The van der Waals surface area contributed by atoms with E-state index in [0.29, 0.717) is 5.75 Å². The van der Waals surface area contributed by atoms with Gasteiger partial charge in [-0.2, -0.15) is 0 Å². The molecule has 110 valence electrons. The molecule has 2 aliphatic rings. The first kappa shape index (κ1) is 13.7. The van der Waals surface area contributed by atoms with Crippen molar-refractivity contribution in [1.82, 2.24) is 15.1 Å². The molecule has 2 N–H and O–H groups in total. The molecule has 0 aliphatic carbocycles. The summed E-state index contributed by atoms with van der Waals surface area (Å²) < 4.78 is 5.22. The van der Waals surface area contributed by atoms with Crippen LogP contribution in [0.15, 0.2) is 18.2 Å². The number of piperazine rings is 1. The Morgan fingerprint density at radius 3 is 2.60 bits per heavy atom. The highest BCUT2D eigenvalue weighted by Gasteiger charge is 2.27. The Morgan fingerprint density at radius 1 is 1.25 bits per heavy atom. The van der Waals surface area contributed by atoms with Crippen LogP contribution in [0.2, 0.25) is 0 Å². The summed E-state index contributed by atoms with van der Waals surface area (Å²) in [6, 6.07) is 6.17. The summed E-state index contributed by atoms with van der Waals surface area (Å²) in [6.07, 6.45) is 0. The van der Waals surface area contributed by atoms with Gasteiger partial charge < -0.3 is 15.2 Å². The van der Waals surface area contributed by atoms with E-state index in [4.69, 9.17) is 4.74 Å². The Hall–Kier alpha value is -1.30. The minimum atomic E-state index is 0.358. The van der Waals surface area contributed by atoms with Crippen LogP contribution in [0.5, 0.6) is 11.5 Å². The van der Waals surface area contributed by atoms with E-state index < -0.39 is 0 Å². The summed E-state index contributed by atoms with van der Waals surface area (Å²) in [5.74, 6) is 1.16. The zero-order chi connectivity index (χ0) is 13.9. The SMILES string of the molecule is COc1ccc(O)c(CN2CCN(C3CNC3)CC2)c1. The first-order valence-corrected chi connectivity index (χ1v) is 7.29. The quantitative estimate of drug-likeness (QED) is 0.839. The van der Waals surface area contributed by atoms with Crippen LogP contribution in [0.3, 0.4) is 0 Å². The number of nitrogens with one attached hydrogen (secondary N) is 1. The van der Waals surface area contributed by atoms with Crippen molar-refractivity contribution < 1.29 is 9.84 Å². The van der Waals surface area contributed by atoms with E-state index >= 15 is 0 Å². The number of hydrogen-bond donors (Lipinski definition) is 2. The Morgan fingerprint density at radius 2 is 2.00 bits per heavy atom. The number of benzene rings is 1. The van der Waals surface area contributed by atoms with E-state index in [1.165, 1.54) is 0 Å². The van der Waals surface area contributed by atoms with E-state index in [2.05, 4.69) is 15.1 Å². The molecule has 20 heavy (non-hydrogen) atoms. The summed E-state index contributed by atoms with van der Waals surface area (Å²) in [5.41, 5.74) is 0.947. The minimum Gasteiger partial charge on any atom is -0.508 e. The first-order chi connectivity index (χ1) is 9.76. The van der Waals surface area contributed by atoms with Gasteiger partial charge in [-0.15, -0.1) is 0 Å². The normalized spacial score (nSPS) is 21.6. The monoisotopic (exact) mass is 277 g/mol. The molecule has 0 amide bonds. The highest BCUT2D eigenvalue weighted by atomic mass is 16.5. The van der Waals surface area contributed by atoms with Crippen LogP contribution in [-0.2, 0) is 6.54 Å². The number of rotatable bonds is 4. The molecule has 1 aromatic carbocycles. The topological polar surface area (TPSA) is 48.0 Å². The molecule has 0 saturated carbocycles. The van der Waals surface area contributed by atoms with Crippen LogP contribution >= 0.6 is 0 Å². The molecule has 5 heteroatoms. The van der Waals surface area contributed by atoms with Crippen molar-refractivity contribution in [2.45, 2.75) is 12.6 Å². The second kappa shape index (κ2) is 5.99. The molecule has 0 aromatic heterocycles. The zero-order valence-electron chi connectivity index (χ0n) is 12.0. The fraction of sp³-hybridized carbons (Fsp3) is 0.600. The third kappa shape index (κ3) is 2.90. The maximum Gasteiger partial charge on any atom is 0.120 e. The molecule has 2 fully saturated rings. The molecular formula is C15H23N3O2. The van der Waals surface area contributed by atoms with Gasteiger partial charge in [0.2, 0.25) is 0 Å². The number of ether oxygens (including phenoxy) is 1. The first-order valence-electron chi connectivity index (χ1n) is 7.29. The van der Waals surface area contributed by atoms with Crippen LogP contribution in [-0.4, -0.2) is 67.3 Å². The number of hydrogen-bond acceptors (Lipinski definition) is 5. The Bertz CT molecular complexity index is 454. The molecule has 1 aromatic rings. The van der Waals surface area contributed by atoms with E-state index in [0.717, 1.165) is 63.2 Å². The number of aromatic hydroxyl groups is 1. The minimum absolute atomic E-state index is 0.358. The lowest BCUT2D eigenvalue weighted by atomic mass is 10.1. The molecule has 2 aliphatic heterocycles. The molecule has 5 nitrogen and oxygen atoms in total. The fourth-order valence-corrected chi connectivity index (χ4v) is 2.87. The summed E-state index contributed by atoms with van der Waals surface area (Å²) in [4.78, 5) is 4.97. The average molecular weight is 277 g/mol. The molecule has 3 rings (SSSR count). The Kier molecular flexibility index (Phi) is 4.10. The van der Waals surface area contributed by atoms with Gasteiger partial charge in [-0.1, -0.05) is 0 Å². The van der Waals surface area contributed by atoms with Crippen LogP contribution in [0, 0.1) is 0 Å². The summed E-state index contributed by atoms with van der Waals surface area (Å²) in [6.45, 7) is 7.43. The lowest BCUT2D eigenvalue weighted by molar-refractivity contribution is 0.0692. The lowest BCUT2D eigenvalue weighted by Crippen LogP contribution is -2.61. The predicted molar refractivity (Wildman–Crippen MR) is 78.2 cm³/mol. The third-order valence-electron chi connectivity index (χ3n) is 4.36. The van der Waals surface area contributed by atoms with Crippen LogP contribution < -0.4 is 10.1 Å². The van der Waals surface area contributed by atoms with Gasteiger partial charge in [-0.3, -0.25) is 9.80 Å². The molecule has 0 unspecified atom stereocenters. The third-order valence-corrected chi connectivity index (χ3v) is 4.36.